The lowest BCUT2D eigenvalue weighted by molar-refractivity contribution is -0.121. The Morgan fingerprint density at radius 1 is 1.05 bits per heavy atom. The van der Waals surface area contributed by atoms with Gasteiger partial charge in [0.25, 0.3) is 0 Å². The lowest BCUT2D eigenvalue weighted by atomic mass is 9.45. The molecule has 4 aliphatic rings. The van der Waals surface area contributed by atoms with Crippen molar-refractivity contribution in [1.82, 2.24) is 0 Å². The van der Waals surface area contributed by atoms with Gasteiger partial charge in [-0.25, -0.2) is 0 Å². The Morgan fingerprint density at radius 2 is 1.86 bits per heavy atom. The highest BCUT2D eigenvalue weighted by atomic mass is 16.3. The highest BCUT2D eigenvalue weighted by molar-refractivity contribution is 5.82. The third kappa shape index (κ3) is 1.97. The molecular formula is C19H30O2. The molecule has 4 fully saturated rings. The summed E-state index contributed by atoms with van der Waals surface area (Å²) in [5.41, 5.74) is 0.755. The third-order valence-corrected chi connectivity index (χ3v) is 8.20. The summed E-state index contributed by atoms with van der Waals surface area (Å²) in [4.78, 5) is 12.1. The first-order valence-electron chi connectivity index (χ1n) is 9.12. The Hall–Kier alpha value is -0.370. The van der Waals surface area contributed by atoms with E-state index in [0.29, 0.717) is 22.5 Å². The maximum absolute atomic E-state index is 12.1. The molecule has 0 aliphatic heterocycles. The number of aliphatic hydroxyl groups excluding tert-OH is 1. The zero-order valence-electron chi connectivity index (χ0n) is 13.6. The summed E-state index contributed by atoms with van der Waals surface area (Å²) in [6.45, 7) is 4.90. The van der Waals surface area contributed by atoms with Crippen molar-refractivity contribution in [3.8, 4) is 0 Å². The van der Waals surface area contributed by atoms with Crippen LogP contribution in [-0.4, -0.2) is 17.0 Å². The maximum Gasteiger partial charge on any atom is 0.133 e. The van der Waals surface area contributed by atoms with E-state index < -0.39 is 0 Å². The van der Waals surface area contributed by atoms with Crippen molar-refractivity contribution in [1.29, 1.82) is 0 Å². The van der Waals surface area contributed by atoms with Crippen LogP contribution in [0.25, 0.3) is 0 Å². The number of rotatable bonds is 0. The molecule has 21 heavy (non-hydrogen) atoms. The van der Waals surface area contributed by atoms with Gasteiger partial charge < -0.3 is 5.11 Å². The van der Waals surface area contributed by atoms with Crippen LogP contribution < -0.4 is 0 Å². The first-order valence-corrected chi connectivity index (χ1v) is 9.12. The largest absolute Gasteiger partial charge is 0.393 e. The fourth-order valence-corrected chi connectivity index (χ4v) is 7.01. The molecule has 0 aromatic rings. The van der Waals surface area contributed by atoms with Crippen molar-refractivity contribution in [2.45, 2.75) is 77.7 Å². The lowest BCUT2D eigenvalue weighted by Crippen LogP contribution is -2.53. The fourth-order valence-electron chi connectivity index (χ4n) is 7.01. The third-order valence-electron chi connectivity index (χ3n) is 8.20. The number of fused-ring (bicyclic) bond motifs is 5. The molecule has 0 heterocycles. The van der Waals surface area contributed by atoms with Gasteiger partial charge in [-0.3, -0.25) is 4.79 Å². The van der Waals surface area contributed by atoms with E-state index in [9.17, 15) is 9.90 Å². The Bertz CT molecular complexity index is 458. The molecule has 7 atom stereocenters. The zero-order chi connectivity index (χ0) is 14.8. The summed E-state index contributed by atoms with van der Waals surface area (Å²) in [5.74, 6) is 3.51. The Morgan fingerprint density at radius 3 is 2.67 bits per heavy atom. The number of Topliss-reactive ketones (excluding diaryl/α,β-unsaturated/α-hetero) is 1. The predicted octanol–water partition coefficient (Wildman–Crippen LogP) is 3.96. The molecule has 0 aromatic heterocycles. The van der Waals surface area contributed by atoms with Gasteiger partial charge in [0.1, 0.15) is 5.78 Å². The van der Waals surface area contributed by atoms with Gasteiger partial charge in [-0.2, -0.15) is 0 Å². The molecule has 0 aromatic carbocycles. The van der Waals surface area contributed by atoms with Gasteiger partial charge in [0, 0.05) is 12.8 Å². The topological polar surface area (TPSA) is 37.3 Å². The van der Waals surface area contributed by atoms with Crippen LogP contribution in [0, 0.1) is 34.5 Å². The minimum Gasteiger partial charge on any atom is -0.393 e. The first kappa shape index (κ1) is 14.2. The number of aliphatic hydroxyl groups is 1. The number of ketones is 1. The van der Waals surface area contributed by atoms with Crippen LogP contribution >= 0.6 is 0 Å². The maximum atomic E-state index is 12.1. The summed E-state index contributed by atoms with van der Waals surface area (Å²) >= 11 is 0. The summed E-state index contributed by atoms with van der Waals surface area (Å²) in [6.07, 6.45) is 10.1. The Balaban J connectivity index is 1.63. The van der Waals surface area contributed by atoms with E-state index in [4.69, 9.17) is 0 Å². The van der Waals surface area contributed by atoms with Gasteiger partial charge in [0.15, 0.2) is 0 Å². The first-order chi connectivity index (χ1) is 9.92. The van der Waals surface area contributed by atoms with E-state index in [0.717, 1.165) is 43.4 Å². The molecule has 0 saturated heterocycles. The van der Waals surface area contributed by atoms with Crippen LogP contribution in [0.5, 0.6) is 0 Å². The fraction of sp³-hybridized carbons (Fsp3) is 0.947. The molecule has 118 valence electrons. The monoisotopic (exact) mass is 290 g/mol. The SMILES string of the molecule is C[C@]12CC[C@@H]3[C@H](CC[C@H]4C[C@H](O)CC[C@]43C)[C@@H]1CC(=O)C2. The lowest BCUT2D eigenvalue weighted by Gasteiger charge is -2.60. The summed E-state index contributed by atoms with van der Waals surface area (Å²) in [7, 11) is 0. The van der Waals surface area contributed by atoms with E-state index in [1.807, 2.05) is 0 Å². The molecule has 0 radical (unpaired) electrons. The van der Waals surface area contributed by atoms with E-state index >= 15 is 0 Å². The van der Waals surface area contributed by atoms with Gasteiger partial charge in [-0.15, -0.1) is 0 Å². The second-order valence-corrected chi connectivity index (χ2v) is 9.20. The standard InChI is InChI=1S/C19H30O2/c1-18-7-6-16-15(17(18)10-14(21)11-18)4-3-12-9-13(20)5-8-19(12,16)2/h12-13,15-17,20H,3-11H2,1-2H3/t12-,13+,15-,16+,17-,18+,19+/m0/s1. The zero-order valence-corrected chi connectivity index (χ0v) is 13.6. The van der Waals surface area contributed by atoms with E-state index in [2.05, 4.69) is 13.8 Å². The molecule has 0 bridgehead atoms. The van der Waals surface area contributed by atoms with E-state index in [-0.39, 0.29) is 6.10 Å². The van der Waals surface area contributed by atoms with Crippen molar-refractivity contribution in [3.63, 3.8) is 0 Å². The number of hydrogen-bond acceptors (Lipinski definition) is 2. The molecule has 4 rings (SSSR count). The van der Waals surface area contributed by atoms with Gasteiger partial charge in [-0.05, 0) is 79.4 Å². The summed E-state index contributed by atoms with van der Waals surface area (Å²) in [5, 5.41) is 10.0. The quantitative estimate of drug-likeness (QED) is 0.733. The molecule has 0 spiro atoms. The molecule has 4 aliphatic carbocycles. The molecule has 0 amide bonds. The number of carbonyl (C=O) groups is 1. The van der Waals surface area contributed by atoms with Crippen LogP contribution in [0.2, 0.25) is 0 Å². The van der Waals surface area contributed by atoms with Gasteiger partial charge >= 0.3 is 0 Å². The highest BCUT2D eigenvalue weighted by Gasteiger charge is 2.59. The molecule has 2 nitrogen and oxygen atoms in total. The molecular weight excluding hydrogens is 260 g/mol. The predicted molar refractivity (Wildman–Crippen MR) is 82.7 cm³/mol. The molecule has 4 saturated carbocycles. The van der Waals surface area contributed by atoms with Crippen molar-refractivity contribution in [2.24, 2.45) is 34.5 Å². The number of carbonyl (C=O) groups excluding carboxylic acids is 1. The van der Waals surface area contributed by atoms with Gasteiger partial charge in [0.2, 0.25) is 0 Å². The Labute approximate surface area is 128 Å². The van der Waals surface area contributed by atoms with Crippen molar-refractivity contribution in [3.05, 3.63) is 0 Å². The minimum absolute atomic E-state index is 0.0541. The van der Waals surface area contributed by atoms with E-state index in [1.165, 1.54) is 32.1 Å². The number of hydrogen-bond donors (Lipinski definition) is 1. The second kappa shape index (κ2) is 4.57. The van der Waals surface area contributed by atoms with Crippen LogP contribution in [0.3, 0.4) is 0 Å². The van der Waals surface area contributed by atoms with Gasteiger partial charge in [0.05, 0.1) is 6.10 Å². The normalized spacial score (nSPS) is 56.5. The Kier molecular flexibility index (Phi) is 3.10. The summed E-state index contributed by atoms with van der Waals surface area (Å²) in [6, 6.07) is 0. The van der Waals surface area contributed by atoms with Crippen molar-refractivity contribution < 1.29 is 9.90 Å². The minimum atomic E-state index is -0.0541. The van der Waals surface area contributed by atoms with Crippen molar-refractivity contribution >= 4 is 5.78 Å². The second-order valence-electron chi connectivity index (χ2n) is 9.20. The van der Waals surface area contributed by atoms with Crippen LogP contribution in [0.1, 0.15) is 71.6 Å². The van der Waals surface area contributed by atoms with Crippen LogP contribution in [-0.2, 0) is 4.79 Å². The molecule has 1 N–H and O–H groups in total. The average Bonchev–Trinajstić information content (AvgIpc) is 2.74. The smallest absolute Gasteiger partial charge is 0.133 e. The van der Waals surface area contributed by atoms with Crippen LogP contribution in [0.15, 0.2) is 0 Å². The average molecular weight is 290 g/mol. The van der Waals surface area contributed by atoms with Crippen molar-refractivity contribution in [2.75, 3.05) is 0 Å². The van der Waals surface area contributed by atoms with Gasteiger partial charge in [-0.1, -0.05) is 13.8 Å². The highest BCUT2D eigenvalue weighted by Crippen LogP contribution is 2.65. The molecule has 2 heteroatoms. The van der Waals surface area contributed by atoms with Crippen LogP contribution in [0.4, 0.5) is 0 Å². The van der Waals surface area contributed by atoms with E-state index in [1.54, 1.807) is 0 Å². The summed E-state index contributed by atoms with van der Waals surface area (Å²) < 4.78 is 0. The molecule has 0 unspecified atom stereocenters.